The van der Waals surface area contributed by atoms with E-state index in [4.69, 9.17) is 0 Å². The molecule has 0 unspecified atom stereocenters. The highest BCUT2D eigenvalue weighted by atomic mass is 19.3. The molecule has 4 aliphatic rings. The van der Waals surface area contributed by atoms with Crippen molar-refractivity contribution in [3.63, 3.8) is 0 Å². The standard InChI is InChI=1S/C27H44F2/c1-18(2)7-6-8-19(3)22-11-12-23-21-10-9-20-17-27(28,29)16-15-25(20,4)24(21)13-14-26(22,23)5/h17-19,21-24H,6-16H2,1-5H3/t19-,21+,22-,23+,24+,25+,26-/m1/s1. The van der Waals surface area contributed by atoms with E-state index in [0.717, 1.165) is 48.0 Å². The molecule has 3 saturated carbocycles. The summed E-state index contributed by atoms with van der Waals surface area (Å²) in [5.74, 6) is 2.22. The number of fused-ring (bicyclic) bond motifs is 5. The van der Waals surface area contributed by atoms with Crippen LogP contribution in [0, 0.1) is 46.3 Å². The summed E-state index contributed by atoms with van der Waals surface area (Å²) < 4.78 is 28.1. The Balaban J connectivity index is 1.50. The second-order valence-corrected chi connectivity index (χ2v) is 12.3. The first-order valence-electron chi connectivity index (χ1n) is 12.7. The van der Waals surface area contributed by atoms with Gasteiger partial charge in [-0.1, -0.05) is 59.5 Å². The van der Waals surface area contributed by atoms with Crippen molar-refractivity contribution in [2.75, 3.05) is 0 Å². The molecule has 4 aliphatic carbocycles. The van der Waals surface area contributed by atoms with Crippen LogP contribution in [0.2, 0.25) is 0 Å². The van der Waals surface area contributed by atoms with Gasteiger partial charge < -0.3 is 0 Å². The van der Waals surface area contributed by atoms with Crippen molar-refractivity contribution in [1.82, 2.24) is 0 Å². The van der Waals surface area contributed by atoms with Gasteiger partial charge in [0.05, 0.1) is 0 Å². The summed E-state index contributed by atoms with van der Waals surface area (Å²) >= 11 is 0. The van der Waals surface area contributed by atoms with Crippen LogP contribution in [0.15, 0.2) is 11.6 Å². The molecule has 0 aromatic rings. The predicted octanol–water partition coefficient (Wildman–Crippen LogP) is 8.66. The summed E-state index contributed by atoms with van der Waals surface area (Å²) in [5.41, 5.74) is 1.65. The molecule has 29 heavy (non-hydrogen) atoms. The van der Waals surface area contributed by atoms with Crippen LogP contribution < -0.4 is 0 Å². The van der Waals surface area contributed by atoms with E-state index in [0.29, 0.717) is 17.8 Å². The molecule has 2 heteroatoms. The predicted molar refractivity (Wildman–Crippen MR) is 118 cm³/mol. The fraction of sp³-hybridized carbons (Fsp3) is 0.926. The van der Waals surface area contributed by atoms with E-state index in [1.165, 1.54) is 51.0 Å². The molecule has 0 heterocycles. The maximum atomic E-state index is 14.1. The second-order valence-electron chi connectivity index (χ2n) is 12.3. The van der Waals surface area contributed by atoms with E-state index in [9.17, 15) is 8.78 Å². The SMILES string of the molecule is CC(C)CCC[C@@H](C)[C@H]1CC[C@H]2[C@@H]3CCC4=CC(F)(F)CC[C@]4(C)[C@H]3CC[C@]12C. The third-order valence-corrected chi connectivity index (χ3v) is 10.3. The lowest BCUT2D eigenvalue weighted by atomic mass is 9.46. The van der Waals surface area contributed by atoms with Gasteiger partial charge in [-0.25, -0.2) is 8.78 Å². The Morgan fingerprint density at radius 1 is 0.931 bits per heavy atom. The van der Waals surface area contributed by atoms with E-state index in [2.05, 4.69) is 34.6 Å². The van der Waals surface area contributed by atoms with Crippen molar-refractivity contribution in [2.24, 2.45) is 46.3 Å². The summed E-state index contributed by atoms with van der Waals surface area (Å²) in [6.07, 6.45) is 13.8. The molecule has 0 saturated heterocycles. The van der Waals surface area contributed by atoms with E-state index in [1.54, 1.807) is 0 Å². The van der Waals surface area contributed by atoms with E-state index < -0.39 is 5.92 Å². The normalized spacial score (nSPS) is 44.6. The van der Waals surface area contributed by atoms with Crippen LogP contribution in [0.5, 0.6) is 0 Å². The first-order chi connectivity index (χ1) is 13.6. The minimum absolute atomic E-state index is 0.0485. The smallest absolute Gasteiger partial charge is 0.202 e. The monoisotopic (exact) mass is 406 g/mol. The zero-order valence-corrected chi connectivity index (χ0v) is 19.6. The Morgan fingerprint density at radius 3 is 2.41 bits per heavy atom. The van der Waals surface area contributed by atoms with Crippen molar-refractivity contribution in [3.05, 3.63) is 11.6 Å². The van der Waals surface area contributed by atoms with Crippen LogP contribution in [0.4, 0.5) is 8.78 Å². The Kier molecular flexibility index (Phi) is 5.74. The van der Waals surface area contributed by atoms with Crippen LogP contribution in [0.1, 0.15) is 105 Å². The van der Waals surface area contributed by atoms with Gasteiger partial charge >= 0.3 is 0 Å². The molecule has 0 radical (unpaired) electrons. The van der Waals surface area contributed by atoms with Crippen LogP contribution in [0.3, 0.4) is 0 Å². The van der Waals surface area contributed by atoms with Gasteiger partial charge in [0.25, 0.3) is 5.92 Å². The largest absolute Gasteiger partial charge is 0.266 e. The lowest BCUT2D eigenvalue weighted by molar-refractivity contribution is -0.0740. The molecule has 0 nitrogen and oxygen atoms in total. The van der Waals surface area contributed by atoms with Crippen LogP contribution in [-0.2, 0) is 0 Å². The van der Waals surface area contributed by atoms with E-state index in [-0.39, 0.29) is 11.8 Å². The lowest BCUT2D eigenvalue weighted by Crippen LogP contribution is -2.51. The topological polar surface area (TPSA) is 0 Å². The van der Waals surface area contributed by atoms with Gasteiger partial charge in [-0.15, -0.1) is 0 Å². The molecule has 0 aromatic carbocycles. The summed E-state index contributed by atoms with van der Waals surface area (Å²) in [6.45, 7) is 12.2. The molecule has 0 aromatic heterocycles. The zero-order chi connectivity index (χ0) is 21.0. The fourth-order valence-corrected chi connectivity index (χ4v) is 8.69. The van der Waals surface area contributed by atoms with Crippen molar-refractivity contribution in [2.45, 2.75) is 111 Å². The third kappa shape index (κ3) is 3.73. The van der Waals surface area contributed by atoms with Crippen LogP contribution >= 0.6 is 0 Å². The molecular weight excluding hydrogens is 362 g/mol. The van der Waals surface area contributed by atoms with Crippen molar-refractivity contribution in [3.8, 4) is 0 Å². The minimum atomic E-state index is -2.56. The number of alkyl halides is 2. The van der Waals surface area contributed by atoms with Crippen LogP contribution in [-0.4, -0.2) is 5.92 Å². The number of allylic oxidation sites excluding steroid dienone is 2. The fourth-order valence-electron chi connectivity index (χ4n) is 8.69. The van der Waals surface area contributed by atoms with Crippen molar-refractivity contribution >= 4 is 0 Å². The molecule has 0 N–H and O–H groups in total. The summed E-state index contributed by atoms with van der Waals surface area (Å²) in [7, 11) is 0. The maximum absolute atomic E-state index is 14.1. The van der Waals surface area contributed by atoms with Gasteiger partial charge in [0, 0.05) is 6.42 Å². The first kappa shape index (κ1) is 21.8. The Labute approximate surface area is 178 Å². The molecule has 0 spiro atoms. The number of hydrogen-bond donors (Lipinski definition) is 0. The highest BCUT2D eigenvalue weighted by Crippen LogP contribution is 2.68. The van der Waals surface area contributed by atoms with Gasteiger partial charge in [0.1, 0.15) is 0 Å². The number of hydrogen-bond acceptors (Lipinski definition) is 0. The lowest BCUT2D eigenvalue weighted by Gasteiger charge is -2.59. The summed E-state index contributed by atoms with van der Waals surface area (Å²) in [6, 6.07) is 0. The quantitative estimate of drug-likeness (QED) is 0.401. The summed E-state index contributed by atoms with van der Waals surface area (Å²) in [4.78, 5) is 0. The maximum Gasteiger partial charge on any atom is 0.266 e. The molecule has 0 aliphatic heterocycles. The van der Waals surface area contributed by atoms with Crippen LogP contribution in [0.25, 0.3) is 0 Å². The van der Waals surface area contributed by atoms with E-state index in [1.807, 2.05) is 0 Å². The molecule has 166 valence electrons. The molecule has 0 amide bonds. The highest BCUT2D eigenvalue weighted by molar-refractivity contribution is 5.26. The van der Waals surface area contributed by atoms with Crippen molar-refractivity contribution < 1.29 is 8.78 Å². The molecule has 0 bridgehead atoms. The molecular formula is C27H44F2. The minimum Gasteiger partial charge on any atom is -0.202 e. The zero-order valence-electron chi connectivity index (χ0n) is 19.6. The molecule has 4 rings (SSSR count). The Hall–Kier alpha value is -0.400. The van der Waals surface area contributed by atoms with Gasteiger partial charge in [0.2, 0.25) is 0 Å². The first-order valence-corrected chi connectivity index (χ1v) is 12.7. The summed E-state index contributed by atoms with van der Waals surface area (Å²) in [5, 5.41) is 0. The third-order valence-electron chi connectivity index (χ3n) is 10.3. The Morgan fingerprint density at radius 2 is 1.69 bits per heavy atom. The second kappa shape index (κ2) is 7.63. The average molecular weight is 407 g/mol. The highest BCUT2D eigenvalue weighted by Gasteiger charge is 2.60. The Bertz CT molecular complexity index is 634. The van der Waals surface area contributed by atoms with Gasteiger partial charge in [-0.3, -0.25) is 0 Å². The van der Waals surface area contributed by atoms with Crippen molar-refractivity contribution in [1.29, 1.82) is 0 Å². The average Bonchev–Trinajstić information content (AvgIpc) is 2.99. The molecule has 3 fully saturated rings. The van der Waals surface area contributed by atoms with E-state index >= 15 is 0 Å². The van der Waals surface area contributed by atoms with Gasteiger partial charge in [-0.2, -0.15) is 0 Å². The number of rotatable bonds is 5. The molecule has 7 atom stereocenters. The van der Waals surface area contributed by atoms with Gasteiger partial charge in [-0.05, 0) is 97.4 Å². The number of halogens is 2. The van der Waals surface area contributed by atoms with Gasteiger partial charge in [0.15, 0.2) is 0 Å².